The molecule has 0 bridgehead atoms. The highest BCUT2D eigenvalue weighted by atomic mass is 16.3. The number of benzene rings is 1. The summed E-state index contributed by atoms with van der Waals surface area (Å²) in [6, 6.07) is 2.07. The number of phenols is 1. The Morgan fingerprint density at radius 1 is 1.16 bits per heavy atom. The number of allylic oxidation sites excluding steroid dienone is 2. The van der Waals surface area contributed by atoms with Crippen LogP contribution in [0.4, 0.5) is 0 Å². The third-order valence-electron chi connectivity index (χ3n) is 9.37. The summed E-state index contributed by atoms with van der Waals surface area (Å²) in [5, 5.41) is 45.0. The van der Waals surface area contributed by atoms with Gasteiger partial charge in [0, 0.05) is 0 Å². The van der Waals surface area contributed by atoms with Gasteiger partial charge in [-0.1, -0.05) is 24.8 Å². The Balaban J connectivity index is 1.80. The lowest BCUT2D eigenvalue weighted by Gasteiger charge is -2.58. The van der Waals surface area contributed by atoms with Crippen LogP contribution in [-0.4, -0.2) is 68.9 Å². The van der Waals surface area contributed by atoms with E-state index in [4.69, 9.17) is 17.2 Å². The van der Waals surface area contributed by atoms with Crippen LogP contribution in [0.5, 0.6) is 5.75 Å². The topological polar surface area (TPSA) is 217 Å². The van der Waals surface area contributed by atoms with Gasteiger partial charge in [-0.2, -0.15) is 5.26 Å². The lowest BCUT2D eigenvalue weighted by molar-refractivity contribution is -0.139. The maximum absolute atomic E-state index is 14.5. The number of phenolic OH excluding ortho intramolecular Hbond substituents is 1. The van der Waals surface area contributed by atoms with Crippen molar-refractivity contribution in [1.29, 1.82) is 5.26 Å². The fraction of sp³-hybridized carbons (Fsp3) is 0.438. The minimum Gasteiger partial charge on any atom is -0.509 e. The number of Topliss-reactive ketones (excluding diaryl/α,β-unsaturated/α-hetero) is 2. The summed E-state index contributed by atoms with van der Waals surface area (Å²) in [5.41, 5.74) is 13.7. The van der Waals surface area contributed by atoms with Crippen LogP contribution in [0.25, 0.3) is 5.76 Å². The van der Waals surface area contributed by atoms with Crippen LogP contribution < -0.4 is 17.2 Å². The maximum Gasteiger partial charge on any atom is 0.255 e. The standard InChI is InChI=1S/C32H35N5O6/c1-4-17-12-18(11-10-16-8-6-5-7-9-16)23(38)20-19(17)13-30(35)14-32(36)26(37(2)3)25(40)21(29(34)43)27(41)31(32,15-33)28(42)22(30)24(20)39/h8,12,26,38-39,41H,4-7,9,13-14,35-36H2,1-3H3,(H2,34,43)/t26-,30-,31+,32-/m1/s1. The number of aromatic hydroxyl groups is 1. The van der Waals surface area contributed by atoms with Crippen LogP contribution in [0.2, 0.25) is 0 Å². The van der Waals surface area contributed by atoms with Crippen LogP contribution in [-0.2, 0) is 27.2 Å². The minimum atomic E-state index is -2.70. The number of fused-ring (bicyclic) bond motifs is 3. The first-order valence-corrected chi connectivity index (χ1v) is 14.2. The Bertz CT molecular complexity index is 1700. The van der Waals surface area contributed by atoms with Gasteiger partial charge >= 0.3 is 0 Å². The van der Waals surface area contributed by atoms with Crippen molar-refractivity contribution in [3.63, 3.8) is 0 Å². The highest BCUT2D eigenvalue weighted by Crippen LogP contribution is 2.58. The summed E-state index contributed by atoms with van der Waals surface area (Å²) < 4.78 is 0. The van der Waals surface area contributed by atoms with Gasteiger partial charge in [0.2, 0.25) is 0 Å². The molecule has 43 heavy (non-hydrogen) atoms. The van der Waals surface area contributed by atoms with Crippen molar-refractivity contribution >= 4 is 23.2 Å². The molecule has 5 rings (SSSR count). The Morgan fingerprint density at radius 3 is 2.42 bits per heavy atom. The molecule has 4 atom stereocenters. The molecule has 1 amide bonds. The predicted molar refractivity (Wildman–Crippen MR) is 157 cm³/mol. The number of amides is 1. The molecule has 0 heterocycles. The van der Waals surface area contributed by atoms with E-state index in [-0.39, 0.29) is 23.3 Å². The molecule has 1 aromatic carbocycles. The number of nitriles is 1. The molecule has 0 saturated heterocycles. The predicted octanol–water partition coefficient (Wildman–Crippen LogP) is 1.32. The number of rotatable bonds is 3. The SMILES string of the molecule is CCc1cc(C#CC2=CCCCC2)c(O)c2c1C[C@@]1(N)C[C@@]3(N)[C@H](N(C)C)C(=O)C(C(N)=O)=C(O)[C@@]3(C#N)C(=O)C1=C2O. The van der Waals surface area contributed by atoms with E-state index in [1.54, 1.807) is 12.1 Å². The number of nitrogens with zero attached hydrogens (tertiary/aromatic N) is 2. The lowest BCUT2D eigenvalue weighted by atomic mass is 9.47. The van der Waals surface area contributed by atoms with Crippen LogP contribution in [0.1, 0.15) is 61.3 Å². The first-order valence-electron chi connectivity index (χ1n) is 14.2. The van der Waals surface area contributed by atoms with E-state index in [2.05, 4.69) is 17.9 Å². The summed E-state index contributed by atoms with van der Waals surface area (Å²) in [6.07, 6.45) is 5.92. The molecular formula is C32H35N5O6. The molecule has 0 unspecified atom stereocenters. The van der Waals surface area contributed by atoms with Crippen LogP contribution in [0, 0.1) is 28.6 Å². The van der Waals surface area contributed by atoms with Gasteiger partial charge < -0.3 is 32.5 Å². The van der Waals surface area contributed by atoms with E-state index >= 15 is 0 Å². The molecule has 224 valence electrons. The normalized spacial score (nSPS) is 30.1. The second-order valence-electron chi connectivity index (χ2n) is 12.1. The average molecular weight is 586 g/mol. The molecule has 4 aliphatic carbocycles. The summed E-state index contributed by atoms with van der Waals surface area (Å²) >= 11 is 0. The van der Waals surface area contributed by atoms with Crippen molar-refractivity contribution in [2.45, 2.75) is 69.0 Å². The number of nitrogens with two attached hydrogens (primary N) is 3. The highest BCUT2D eigenvalue weighted by Gasteiger charge is 2.74. The molecule has 0 radical (unpaired) electrons. The van der Waals surface area contributed by atoms with Crippen molar-refractivity contribution in [2.75, 3.05) is 14.1 Å². The van der Waals surface area contributed by atoms with Crippen molar-refractivity contribution in [3.05, 3.63) is 56.9 Å². The Hall–Kier alpha value is -4.42. The third-order valence-corrected chi connectivity index (χ3v) is 9.37. The minimum absolute atomic E-state index is 0.0436. The molecule has 0 spiro atoms. The average Bonchev–Trinajstić information content (AvgIpc) is 2.92. The number of aliphatic hydroxyl groups excluding tert-OH is 2. The van der Waals surface area contributed by atoms with Gasteiger partial charge in [-0.25, -0.2) is 0 Å². The quantitative estimate of drug-likeness (QED) is 0.221. The molecule has 1 saturated carbocycles. The van der Waals surface area contributed by atoms with Gasteiger partial charge in [-0.3, -0.25) is 19.3 Å². The second kappa shape index (κ2) is 10.1. The number of aliphatic hydroxyl groups is 2. The van der Waals surface area contributed by atoms with Gasteiger partial charge in [0.1, 0.15) is 22.8 Å². The van der Waals surface area contributed by atoms with E-state index in [0.717, 1.165) is 36.8 Å². The number of primary amides is 1. The lowest BCUT2D eigenvalue weighted by Crippen LogP contribution is -2.80. The summed E-state index contributed by atoms with van der Waals surface area (Å²) in [5.74, 6) is 0.448. The zero-order valence-electron chi connectivity index (χ0n) is 24.4. The summed E-state index contributed by atoms with van der Waals surface area (Å²) in [7, 11) is 2.96. The fourth-order valence-electron chi connectivity index (χ4n) is 7.48. The van der Waals surface area contributed by atoms with E-state index in [0.29, 0.717) is 12.0 Å². The van der Waals surface area contributed by atoms with Crippen molar-refractivity contribution < 1.29 is 29.7 Å². The van der Waals surface area contributed by atoms with Gasteiger partial charge in [0.05, 0.1) is 39.9 Å². The van der Waals surface area contributed by atoms with Crippen molar-refractivity contribution in [2.24, 2.45) is 22.6 Å². The molecule has 1 aromatic rings. The van der Waals surface area contributed by atoms with Crippen molar-refractivity contribution in [3.8, 4) is 23.7 Å². The number of aryl methyl sites for hydroxylation is 1. The Labute approximate surface area is 249 Å². The van der Waals surface area contributed by atoms with Crippen molar-refractivity contribution in [1.82, 2.24) is 4.90 Å². The zero-order chi connectivity index (χ0) is 31.6. The summed E-state index contributed by atoms with van der Waals surface area (Å²) in [6.45, 7) is 1.89. The number of ketones is 2. The molecule has 0 aliphatic heterocycles. The molecular weight excluding hydrogens is 550 g/mol. The van der Waals surface area contributed by atoms with Crippen LogP contribution >= 0.6 is 0 Å². The highest BCUT2D eigenvalue weighted by molar-refractivity contribution is 6.25. The van der Waals surface area contributed by atoms with E-state index < -0.39 is 69.1 Å². The molecule has 11 heteroatoms. The van der Waals surface area contributed by atoms with E-state index in [1.807, 2.05) is 6.92 Å². The van der Waals surface area contributed by atoms with Crippen LogP contribution in [0.15, 0.2) is 34.6 Å². The second-order valence-corrected chi connectivity index (χ2v) is 12.1. The molecule has 4 aliphatic rings. The monoisotopic (exact) mass is 585 g/mol. The van der Waals surface area contributed by atoms with Gasteiger partial charge in [0.15, 0.2) is 17.0 Å². The fourth-order valence-corrected chi connectivity index (χ4v) is 7.48. The largest absolute Gasteiger partial charge is 0.509 e. The Kier molecular flexibility index (Phi) is 7.05. The zero-order valence-corrected chi connectivity index (χ0v) is 24.4. The van der Waals surface area contributed by atoms with Gasteiger partial charge in [-0.05, 0) is 81.8 Å². The van der Waals surface area contributed by atoms with Crippen LogP contribution in [0.3, 0.4) is 0 Å². The number of hydrogen-bond acceptors (Lipinski definition) is 10. The van der Waals surface area contributed by atoms with Gasteiger partial charge in [0.25, 0.3) is 5.91 Å². The number of carbonyl (C=O) groups excluding carboxylic acids is 3. The smallest absolute Gasteiger partial charge is 0.255 e. The molecule has 11 nitrogen and oxygen atoms in total. The first kappa shape index (κ1) is 30.1. The molecule has 1 fully saturated rings. The number of likely N-dealkylation sites (N-methyl/N-ethyl adjacent to an activating group) is 1. The van der Waals surface area contributed by atoms with Gasteiger partial charge in [-0.15, -0.1) is 0 Å². The third kappa shape index (κ3) is 3.96. The van der Waals surface area contributed by atoms with E-state index in [9.17, 15) is 35.0 Å². The maximum atomic E-state index is 14.5. The first-order chi connectivity index (χ1) is 20.2. The number of hydrogen-bond donors (Lipinski definition) is 6. The summed E-state index contributed by atoms with van der Waals surface area (Å²) in [4.78, 5) is 41.7. The molecule has 9 N–H and O–H groups in total. The Morgan fingerprint density at radius 2 is 1.86 bits per heavy atom. The van der Waals surface area contributed by atoms with E-state index in [1.165, 1.54) is 19.0 Å². The number of carbonyl (C=O) groups is 3. The molecule has 0 aromatic heterocycles.